The van der Waals surface area contributed by atoms with Gasteiger partial charge in [0.2, 0.25) is 0 Å². The van der Waals surface area contributed by atoms with Gasteiger partial charge in [0.15, 0.2) is 0 Å². The van der Waals surface area contributed by atoms with Crippen LogP contribution in [0.25, 0.3) is 5.57 Å². The van der Waals surface area contributed by atoms with Crippen molar-refractivity contribution in [3.8, 4) is 6.07 Å². The normalized spacial score (nSPS) is 28.2. The van der Waals surface area contributed by atoms with Gasteiger partial charge in [-0.2, -0.15) is 5.26 Å². The smallest absolute Gasteiger partial charge is 0.0991 e. The van der Waals surface area contributed by atoms with Gasteiger partial charge in [-0.15, -0.1) is 0 Å². The molecule has 0 bridgehead atoms. The number of benzene rings is 2. The van der Waals surface area contributed by atoms with E-state index >= 15 is 0 Å². The second-order valence-corrected chi connectivity index (χ2v) is 14.0. The minimum absolute atomic E-state index is 0.149. The Balaban J connectivity index is 1.43. The number of rotatable bonds is 6. The van der Waals surface area contributed by atoms with Crippen molar-refractivity contribution < 1.29 is 0 Å². The Bertz CT molecular complexity index is 1330. The van der Waals surface area contributed by atoms with Crippen LogP contribution in [-0.4, -0.2) is 5.71 Å². The van der Waals surface area contributed by atoms with Crippen molar-refractivity contribution in [1.29, 1.82) is 10.7 Å². The van der Waals surface area contributed by atoms with Crippen LogP contribution in [0.15, 0.2) is 42.0 Å². The molecule has 2 fully saturated rings. The molecular weight excluding hydrogens is 484 g/mol. The van der Waals surface area contributed by atoms with E-state index < -0.39 is 0 Å². The lowest BCUT2D eigenvalue weighted by molar-refractivity contribution is 0.0415. The third kappa shape index (κ3) is 5.00. The Kier molecular flexibility index (Phi) is 8.16. The highest BCUT2D eigenvalue weighted by Crippen LogP contribution is 2.55. The van der Waals surface area contributed by atoms with Gasteiger partial charge in [-0.25, -0.2) is 0 Å². The molecule has 0 heterocycles. The quantitative estimate of drug-likeness (QED) is 0.393. The van der Waals surface area contributed by atoms with Crippen molar-refractivity contribution in [2.45, 2.75) is 124 Å². The molecule has 2 saturated carbocycles. The van der Waals surface area contributed by atoms with Gasteiger partial charge in [0.1, 0.15) is 0 Å². The monoisotopic (exact) mass is 534 g/mol. The van der Waals surface area contributed by atoms with Crippen molar-refractivity contribution in [3.63, 3.8) is 0 Å². The van der Waals surface area contributed by atoms with Gasteiger partial charge in [0.25, 0.3) is 0 Å². The molecular formula is C38H50N2. The standard InChI is InChI=1S/C38H50N2/c1-7-19-38(31-13-9-25(3)10-14-31)20-17-29(18-21-38)30-12-16-33-34(23-30)37(5,6)26(4)35(36(33)40)32-15-11-27(24-39)22-28(32)8-2/h11-12,15-16,22-23,25,29,31,40H,7-10,13-14,17-21H2,1-6H3. The second-order valence-electron chi connectivity index (χ2n) is 14.0. The number of hydrogen-bond donors (Lipinski definition) is 1. The summed E-state index contributed by atoms with van der Waals surface area (Å²) in [6.45, 7) is 13.9. The van der Waals surface area contributed by atoms with Crippen molar-refractivity contribution in [2.24, 2.45) is 17.3 Å². The lowest BCUT2D eigenvalue weighted by Crippen LogP contribution is -2.37. The average molecular weight is 535 g/mol. The molecule has 0 amide bonds. The lowest BCUT2D eigenvalue weighted by atomic mass is 9.57. The zero-order valence-electron chi connectivity index (χ0n) is 25.9. The Morgan fingerprint density at radius 1 is 0.925 bits per heavy atom. The third-order valence-corrected chi connectivity index (χ3v) is 11.5. The van der Waals surface area contributed by atoms with Gasteiger partial charge in [-0.05, 0) is 116 Å². The van der Waals surface area contributed by atoms with Crippen molar-refractivity contribution in [2.75, 3.05) is 0 Å². The van der Waals surface area contributed by atoms with Gasteiger partial charge >= 0.3 is 0 Å². The maximum Gasteiger partial charge on any atom is 0.0991 e. The molecule has 0 saturated heterocycles. The lowest BCUT2D eigenvalue weighted by Gasteiger charge is -2.48. The largest absolute Gasteiger partial charge is 0.300 e. The number of allylic oxidation sites excluding steroid dienone is 2. The summed E-state index contributed by atoms with van der Waals surface area (Å²) in [5, 5.41) is 18.8. The molecule has 1 N–H and O–H groups in total. The Morgan fingerprint density at radius 2 is 1.60 bits per heavy atom. The molecule has 0 spiro atoms. The summed E-state index contributed by atoms with van der Waals surface area (Å²) in [6.07, 6.45) is 14.8. The molecule has 0 aliphatic heterocycles. The van der Waals surface area contributed by atoms with Crippen LogP contribution in [0.2, 0.25) is 0 Å². The van der Waals surface area contributed by atoms with E-state index in [1.165, 1.54) is 80.9 Å². The first-order valence-electron chi connectivity index (χ1n) is 16.1. The Labute approximate surface area is 243 Å². The molecule has 212 valence electrons. The highest BCUT2D eigenvalue weighted by Gasteiger charge is 2.43. The molecule has 0 radical (unpaired) electrons. The van der Waals surface area contributed by atoms with Crippen LogP contribution >= 0.6 is 0 Å². The van der Waals surface area contributed by atoms with E-state index in [1.54, 1.807) is 0 Å². The molecule has 3 aliphatic rings. The first-order chi connectivity index (χ1) is 19.1. The summed E-state index contributed by atoms with van der Waals surface area (Å²) in [5.74, 6) is 2.50. The van der Waals surface area contributed by atoms with Crippen LogP contribution < -0.4 is 0 Å². The Hall–Kier alpha value is -2.66. The van der Waals surface area contributed by atoms with Crippen LogP contribution in [0.3, 0.4) is 0 Å². The predicted octanol–water partition coefficient (Wildman–Crippen LogP) is 10.5. The molecule has 2 aromatic carbocycles. The van der Waals surface area contributed by atoms with Crippen LogP contribution in [-0.2, 0) is 11.8 Å². The third-order valence-electron chi connectivity index (χ3n) is 11.5. The van der Waals surface area contributed by atoms with Gasteiger partial charge in [-0.3, -0.25) is 5.41 Å². The first kappa shape index (κ1) is 28.9. The minimum Gasteiger partial charge on any atom is -0.300 e. The average Bonchev–Trinajstić information content (AvgIpc) is 2.97. The zero-order chi connectivity index (χ0) is 28.7. The SMILES string of the molecule is CCCC1(C2CCC(C)CC2)CCC(c2ccc3c(c2)C(C)(C)C(C)=C(c2ccc(C#N)cc2CC)C3=N)CC1. The van der Waals surface area contributed by atoms with Crippen LogP contribution in [0.5, 0.6) is 0 Å². The minimum atomic E-state index is -0.149. The fourth-order valence-corrected chi connectivity index (χ4v) is 8.68. The molecule has 0 unspecified atom stereocenters. The highest BCUT2D eigenvalue weighted by atomic mass is 14.5. The van der Waals surface area contributed by atoms with Crippen LogP contribution in [0, 0.1) is 34.0 Å². The fraction of sp³-hybridized carbons (Fsp3) is 0.579. The molecule has 0 aromatic heterocycles. The molecule has 5 rings (SSSR count). The number of nitriles is 1. The zero-order valence-corrected chi connectivity index (χ0v) is 25.9. The summed E-state index contributed by atoms with van der Waals surface area (Å²) < 4.78 is 0. The predicted molar refractivity (Wildman–Crippen MR) is 169 cm³/mol. The summed E-state index contributed by atoms with van der Waals surface area (Å²) in [6, 6.07) is 15.3. The molecule has 3 aliphatic carbocycles. The van der Waals surface area contributed by atoms with Crippen molar-refractivity contribution in [1.82, 2.24) is 0 Å². The van der Waals surface area contributed by atoms with Gasteiger partial charge < -0.3 is 0 Å². The van der Waals surface area contributed by atoms with E-state index in [1.807, 2.05) is 12.1 Å². The first-order valence-corrected chi connectivity index (χ1v) is 16.1. The molecule has 2 nitrogen and oxygen atoms in total. The van der Waals surface area contributed by atoms with Gasteiger partial charge in [0.05, 0.1) is 17.3 Å². The molecule has 40 heavy (non-hydrogen) atoms. The van der Waals surface area contributed by atoms with E-state index in [2.05, 4.69) is 71.9 Å². The van der Waals surface area contributed by atoms with E-state index in [-0.39, 0.29) is 5.41 Å². The molecule has 2 heteroatoms. The summed E-state index contributed by atoms with van der Waals surface area (Å²) in [5.41, 5.74) is 10.2. The van der Waals surface area contributed by atoms with E-state index in [0.717, 1.165) is 40.5 Å². The fourth-order valence-electron chi connectivity index (χ4n) is 8.68. The number of fused-ring (bicyclic) bond motifs is 1. The van der Waals surface area contributed by atoms with Crippen LogP contribution in [0.1, 0.15) is 145 Å². The summed E-state index contributed by atoms with van der Waals surface area (Å²) in [7, 11) is 0. The number of nitrogens with one attached hydrogen (secondary N) is 1. The molecule has 0 atom stereocenters. The topological polar surface area (TPSA) is 47.6 Å². The summed E-state index contributed by atoms with van der Waals surface area (Å²) in [4.78, 5) is 0. The van der Waals surface area contributed by atoms with E-state index in [9.17, 15) is 10.7 Å². The van der Waals surface area contributed by atoms with Gasteiger partial charge in [0, 0.05) is 16.6 Å². The van der Waals surface area contributed by atoms with Gasteiger partial charge in [-0.1, -0.05) is 83.7 Å². The maximum atomic E-state index is 9.44. The Morgan fingerprint density at radius 3 is 2.23 bits per heavy atom. The number of nitrogens with zero attached hydrogens (tertiary/aromatic N) is 1. The highest BCUT2D eigenvalue weighted by molar-refractivity contribution is 6.33. The number of aryl methyl sites for hydroxylation is 1. The van der Waals surface area contributed by atoms with E-state index in [4.69, 9.17) is 0 Å². The second kappa shape index (κ2) is 11.3. The maximum absolute atomic E-state index is 9.44. The summed E-state index contributed by atoms with van der Waals surface area (Å²) >= 11 is 0. The van der Waals surface area contributed by atoms with Crippen molar-refractivity contribution >= 4 is 11.3 Å². The molecule has 2 aromatic rings. The van der Waals surface area contributed by atoms with Crippen molar-refractivity contribution in [3.05, 3.63) is 75.4 Å². The van der Waals surface area contributed by atoms with Crippen LogP contribution in [0.4, 0.5) is 0 Å². The van der Waals surface area contributed by atoms with E-state index in [0.29, 0.717) is 22.6 Å². The number of hydrogen-bond acceptors (Lipinski definition) is 2.